The molecule has 2 rings (SSSR count). The number of amides is 2. The standard InChI is InChI=1S/C12H16N4O2/c1-7(2)13-12(17)14-11-9-6-8(18-3)4-5-10(9)15-16-11/h4-7H,1-3H3,(H3,13,14,15,16,17). The molecule has 1 aromatic heterocycles. The summed E-state index contributed by atoms with van der Waals surface area (Å²) in [7, 11) is 1.60. The fraction of sp³-hybridized carbons (Fsp3) is 0.333. The van der Waals surface area contributed by atoms with Crippen LogP contribution in [0.5, 0.6) is 5.75 Å². The van der Waals surface area contributed by atoms with E-state index in [1.807, 2.05) is 32.0 Å². The fourth-order valence-corrected chi connectivity index (χ4v) is 1.62. The van der Waals surface area contributed by atoms with Crippen molar-refractivity contribution < 1.29 is 9.53 Å². The highest BCUT2D eigenvalue weighted by Gasteiger charge is 2.10. The number of urea groups is 1. The van der Waals surface area contributed by atoms with E-state index in [0.29, 0.717) is 5.82 Å². The number of anilines is 1. The summed E-state index contributed by atoms with van der Waals surface area (Å²) in [6.45, 7) is 3.79. The van der Waals surface area contributed by atoms with Gasteiger partial charge in [0.2, 0.25) is 0 Å². The smallest absolute Gasteiger partial charge is 0.320 e. The minimum absolute atomic E-state index is 0.0738. The summed E-state index contributed by atoms with van der Waals surface area (Å²) in [6, 6.07) is 5.31. The Bertz CT molecular complexity index is 562. The number of aromatic nitrogens is 2. The van der Waals surface area contributed by atoms with Gasteiger partial charge >= 0.3 is 6.03 Å². The molecular weight excluding hydrogens is 232 g/mol. The number of hydrogen-bond donors (Lipinski definition) is 3. The summed E-state index contributed by atoms with van der Waals surface area (Å²) < 4.78 is 5.15. The molecule has 0 fully saturated rings. The SMILES string of the molecule is COc1ccc2[nH]nc(NC(=O)NC(C)C)c2c1. The second kappa shape index (κ2) is 4.95. The van der Waals surface area contributed by atoms with Crippen LogP contribution in [0, 0.1) is 0 Å². The number of nitrogens with zero attached hydrogens (tertiary/aromatic N) is 1. The molecule has 0 saturated carbocycles. The first-order valence-corrected chi connectivity index (χ1v) is 5.70. The average Bonchev–Trinajstić information content (AvgIpc) is 2.70. The van der Waals surface area contributed by atoms with Gasteiger partial charge < -0.3 is 10.1 Å². The molecule has 0 saturated heterocycles. The number of H-pyrrole nitrogens is 1. The van der Waals surface area contributed by atoms with Crippen molar-refractivity contribution in [3.8, 4) is 5.75 Å². The van der Waals surface area contributed by atoms with Crippen molar-refractivity contribution in [2.24, 2.45) is 0 Å². The van der Waals surface area contributed by atoms with E-state index >= 15 is 0 Å². The van der Waals surface area contributed by atoms with Gasteiger partial charge in [-0.05, 0) is 32.0 Å². The first-order chi connectivity index (χ1) is 8.60. The fourth-order valence-electron chi connectivity index (χ4n) is 1.62. The lowest BCUT2D eigenvalue weighted by Crippen LogP contribution is -2.34. The lowest BCUT2D eigenvalue weighted by molar-refractivity contribution is 0.250. The molecule has 3 N–H and O–H groups in total. The van der Waals surface area contributed by atoms with Crippen LogP contribution in [0.1, 0.15) is 13.8 Å². The zero-order chi connectivity index (χ0) is 13.1. The second-order valence-corrected chi connectivity index (χ2v) is 4.24. The Morgan fingerprint density at radius 1 is 1.44 bits per heavy atom. The highest BCUT2D eigenvalue weighted by atomic mass is 16.5. The van der Waals surface area contributed by atoms with Crippen LogP contribution in [0.2, 0.25) is 0 Å². The quantitative estimate of drug-likeness (QED) is 0.778. The van der Waals surface area contributed by atoms with Gasteiger partial charge in [-0.25, -0.2) is 4.79 Å². The van der Waals surface area contributed by atoms with E-state index < -0.39 is 0 Å². The third-order valence-corrected chi connectivity index (χ3v) is 2.42. The molecule has 0 aliphatic heterocycles. The van der Waals surface area contributed by atoms with Crippen LogP contribution in [0.15, 0.2) is 18.2 Å². The monoisotopic (exact) mass is 248 g/mol. The third-order valence-electron chi connectivity index (χ3n) is 2.42. The number of carbonyl (C=O) groups is 1. The molecule has 0 radical (unpaired) electrons. The van der Waals surface area contributed by atoms with E-state index in [9.17, 15) is 4.79 Å². The number of rotatable bonds is 3. The zero-order valence-electron chi connectivity index (χ0n) is 10.6. The summed E-state index contributed by atoms with van der Waals surface area (Å²) in [5, 5.41) is 13.2. The van der Waals surface area contributed by atoms with Gasteiger partial charge in [-0.3, -0.25) is 10.4 Å². The summed E-state index contributed by atoms with van der Waals surface area (Å²) in [6.07, 6.45) is 0. The number of hydrogen-bond acceptors (Lipinski definition) is 3. The molecule has 6 heteroatoms. The number of benzene rings is 1. The second-order valence-electron chi connectivity index (χ2n) is 4.24. The van der Waals surface area contributed by atoms with Crippen LogP contribution in [0.25, 0.3) is 10.9 Å². The normalized spacial score (nSPS) is 10.7. The van der Waals surface area contributed by atoms with Gasteiger partial charge in [0.05, 0.1) is 12.6 Å². The number of ether oxygens (including phenoxy) is 1. The predicted octanol–water partition coefficient (Wildman–Crippen LogP) is 2.10. The average molecular weight is 248 g/mol. The predicted molar refractivity (Wildman–Crippen MR) is 69.9 cm³/mol. The molecule has 0 bridgehead atoms. The Kier molecular flexibility index (Phi) is 3.36. The maximum Gasteiger partial charge on any atom is 0.320 e. The third kappa shape index (κ3) is 2.53. The Hall–Kier alpha value is -2.24. The van der Waals surface area contributed by atoms with Gasteiger partial charge in [-0.2, -0.15) is 5.10 Å². The minimum atomic E-state index is -0.277. The maximum atomic E-state index is 11.6. The van der Waals surface area contributed by atoms with Crippen LogP contribution < -0.4 is 15.4 Å². The molecular formula is C12H16N4O2. The Labute approximate surface area is 105 Å². The van der Waals surface area contributed by atoms with Gasteiger partial charge in [0.25, 0.3) is 0 Å². The first kappa shape index (κ1) is 12.2. The van der Waals surface area contributed by atoms with Crippen molar-refractivity contribution in [3.05, 3.63) is 18.2 Å². The molecule has 1 aromatic carbocycles. The van der Waals surface area contributed by atoms with Crippen molar-refractivity contribution in [1.29, 1.82) is 0 Å². The summed E-state index contributed by atoms with van der Waals surface area (Å²) in [4.78, 5) is 11.6. The van der Waals surface area contributed by atoms with Crippen LogP contribution in [-0.2, 0) is 0 Å². The summed E-state index contributed by atoms with van der Waals surface area (Å²) in [5.41, 5.74) is 0.843. The van der Waals surface area contributed by atoms with Crippen molar-refractivity contribution in [2.45, 2.75) is 19.9 Å². The topological polar surface area (TPSA) is 79.0 Å². The van der Waals surface area contributed by atoms with E-state index in [2.05, 4.69) is 20.8 Å². The molecule has 0 aliphatic rings. The Morgan fingerprint density at radius 2 is 2.22 bits per heavy atom. The van der Waals surface area contributed by atoms with Gasteiger partial charge in [-0.1, -0.05) is 0 Å². The van der Waals surface area contributed by atoms with Gasteiger partial charge in [0.1, 0.15) is 5.75 Å². The minimum Gasteiger partial charge on any atom is -0.497 e. The van der Waals surface area contributed by atoms with Crippen LogP contribution in [-0.4, -0.2) is 29.4 Å². The van der Waals surface area contributed by atoms with Gasteiger partial charge in [-0.15, -0.1) is 0 Å². The zero-order valence-corrected chi connectivity index (χ0v) is 10.6. The van der Waals surface area contributed by atoms with Crippen molar-refractivity contribution >= 4 is 22.8 Å². The van der Waals surface area contributed by atoms with E-state index in [-0.39, 0.29) is 12.1 Å². The van der Waals surface area contributed by atoms with E-state index in [4.69, 9.17) is 4.74 Å². The van der Waals surface area contributed by atoms with Crippen LogP contribution >= 0.6 is 0 Å². The molecule has 0 unspecified atom stereocenters. The lowest BCUT2D eigenvalue weighted by Gasteiger charge is -2.08. The first-order valence-electron chi connectivity index (χ1n) is 5.70. The molecule has 2 aromatic rings. The Morgan fingerprint density at radius 3 is 2.89 bits per heavy atom. The lowest BCUT2D eigenvalue weighted by atomic mass is 10.2. The number of carbonyl (C=O) groups excluding carboxylic acids is 1. The maximum absolute atomic E-state index is 11.6. The number of fused-ring (bicyclic) bond motifs is 1. The molecule has 6 nitrogen and oxygen atoms in total. The largest absolute Gasteiger partial charge is 0.497 e. The molecule has 0 spiro atoms. The van der Waals surface area contributed by atoms with Crippen molar-refractivity contribution in [2.75, 3.05) is 12.4 Å². The molecule has 96 valence electrons. The molecule has 18 heavy (non-hydrogen) atoms. The number of nitrogens with one attached hydrogen (secondary N) is 3. The highest BCUT2D eigenvalue weighted by Crippen LogP contribution is 2.24. The Balaban J connectivity index is 2.25. The molecule has 0 aliphatic carbocycles. The van der Waals surface area contributed by atoms with Crippen LogP contribution in [0.3, 0.4) is 0 Å². The number of methoxy groups -OCH3 is 1. The van der Waals surface area contributed by atoms with Gasteiger partial charge in [0, 0.05) is 11.4 Å². The molecule has 0 atom stereocenters. The van der Waals surface area contributed by atoms with E-state index in [1.54, 1.807) is 7.11 Å². The molecule has 1 heterocycles. The molecule has 2 amide bonds. The summed E-state index contributed by atoms with van der Waals surface area (Å²) >= 11 is 0. The van der Waals surface area contributed by atoms with Crippen LogP contribution in [0.4, 0.5) is 10.6 Å². The van der Waals surface area contributed by atoms with Gasteiger partial charge in [0.15, 0.2) is 5.82 Å². The summed E-state index contributed by atoms with van der Waals surface area (Å²) in [5.74, 6) is 1.21. The van der Waals surface area contributed by atoms with Crippen molar-refractivity contribution in [3.63, 3.8) is 0 Å². The van der Waals surface area contributed by atoms with E-state index in [0.717, 1.165) is 16.7 Å². The highest BCUT2D eigenvalue weighted by molar-refractivity contribution is 5.99. The van der Waals surface area contributed by atoms with Crippen molar-refractivity contribution in [1.82, 2.24) is 15.5 Å². The van der Waals surface area contributed by atoms with E-state index in [1.165, 1.54) is 0 Å². The number of aromatic amines is 1.